The number of hydrogen-bond acceptors (Lipinski definition) is 3. The highest BCUT2D eigenvalue weighted by molar-refractivity contribution is 6.03. The van der Waals surface area contributed by atoms with E-state index in [1.807, 2.05) is 0 Å². The Labute approximate surface area is 51.9 Å². The highest BCUT2D eigenvalue weighted by atomic mass is 16.4. The Balaban J connectivity index is 2.60. The molecule has 1 rings (SSSR count). The van der Waals surface area contributed by atoms with Crippen LogP contribution in [0.1, 0.15) is 6.42 Å². The monoisotopic (exact) mass is 129 g/mol. The molecular weight excluding hydrogens is 122 g/mol. The molecule has 1 fully saturated rings. The Morgan fingerprint density at radius 2 is 2.44 bits per heavy atom. The molecule has 4 nitrogen and oxygen atoms in total. The van der Waals surface area contributed by atoms with Crippen LogP contribution in [-0.4, -0.2) is 29.4 Å². The van der Waals surface area contributed by atoms with Crippen molar-refractivity contribution in [2.24, 2.45) is 0 Å². The molecule has 0 spiro atoms. The summed E-state index contributed by atoms with van der Waals surface area (Å²) in [4.78, 5) is 20.7. The summed E-state index contributed by atoms with van der Waals surface area (Å²) in [6, 6.07) is -0.940. The maximum absolute atomic E-state index is 10.6. The van der Waals surface area contributed by atoms with Crippen LogP contribution in [0.4, 0.5) is 0 Å². The molecule has 0 aliphatic carbocycles. The highest BCUT2D eigenvalue weighted by Crippen LogP contribution is 1.99. The molecule has 1 atom stereocenters. The number of nitrogens with one attached hydrogen (secondary N) is 1. The Morgan fingerprint density at radius 1 is 1.78 bits per heavy atom. The fourth-order valence-electron chi connectivity index (χ4n) is 0.823. The number of Topliss-reactive ketones (excluding diaryl/α,β-unsaturated/α-hetero) is 1. The van der Waals surface area contributed by atoms with E-state index in [4.69, 9.17) is 5.11 Å². The number of carbonyl (C=O) groups excluding carboxylic acids is 1. The maximum atomic E-state index is 10.6. The van der Waals surface area contributed by atoms with Crippen LogP contribution in [0.5, 0.6) is 0 Å². The summed E-state index contributed by atoms with van der Waals surface area (Å²) < 4.78 is 0. The van der Waals surface area contributed by atoms with Gasteiger partial charge in [0.15, 0.2) is 11.8 Å². The van der Waals surface area contributed by atoms with E-state index in [9.17, 15) is 9.59 Å². The molecule has 9 heavy (non-hydrogen) atoms. The molecule has 4 heteroatoms. The average Bonchev–Trinajstić information content (AvgIpc) is 2.13. The van der Waals surface area contributed by atoms with Gasteiger partial charge in [-0.15, -0.1) is 0 Å². The van der Waals surface area contributed by atoms with Gasteiger partial charge in [-0.05, 0) is 0 Å². The summed E-state index contributed by atoms with van der Waals surface area (Å²) in [5.74, 6) is -1.29. The minimum absolute atomic E-state index is 0.220. The second kappa shape index (κ2) is 2.14. The third kappa shape index (κ3) is 1.08. The zero-order chi connectivity index (χ0) is 6.85. The molecule has 0 aromatic heterocycles. The normalized spacial score (nSPS) is 26.7. The van der Waals surface area contributed by atoms with Gasteiger partial charge in [0.25, 0.3) is 0 Å². The van der Waals surface area contributed by atoms with Crippen LogP contribution >= 0.6 is 0 Å². The van der Waals surface area contributed by atoms with E-state index in [1.165, 1.54) is 0 Å². The zero-order valence-electron chi connectivity index (χ0n) is 4.76. The van der Waals surface area contributed by atoms with Crippen molar-refractivity contribution < 1.29 is 14.7 Å². The number of hydrogen-bond donors (Lipinski definition) is 2. The van der Waals surface area contributed by atoms with Crippen LogP contribution < -0.4 is 5.32 Å². The first kappa shape index (κ1) is 6.22. The molecule has 0 radical (unpaired) electrons. The largest absolute Gasteiger partial charge is 0.480 e. The van der Waals surface area contributed by atoms with Crippen molar-refractivity contribution in [3.63, 3.8) is 0 Å². The molecule has 1 aliphatic heterocycles. The molecule has 0 aromatic rings. The van der Waals surface area contributed by atoms with E-state index in [2.05, 4.69) is 5.32 Å². The second-order valence-corrected chi connectivity index (χ2v) is 1.94. The molecule has 1 aliphatic rings. The van der Waals surface area contributed by atoms with Crippen molar-refractivity contribution in [3.8, 4) is 0 Å². The molecule has 1 saturated heterocycles. The molecule has 0 saturated carbocycles. The number of rotatable bonds is 1. The molecule has 0 amide bonds. The standard InChI is InChI=1S/C5H7NO3/c7-3-1-2-6-4(3)5(8)9/h4,6H,1-2H2,(H,8,9)/t4-/m0/s1. The summed E-state index contributed by atoms with van der Waals surface area (Å²) in [7, 11) is 0. The van der Waals surface area contributed by atoms with Gasteiger partial charge in [0.05, 0.1) is 0 Å². The van der Waals surface area contributed by atoms with Crippen molar-refractivity contribution in [3.05, 3.63) is 0 Å². The summed E-state index contributed by atoms with van der Waals surface area (Å²) in [5.41, 5.74) is 0. The Morgan fingerprint density at radius 3 is 2.67 bits per heavy atom. The number of aliphatic carboxylic acids is 1. The lowest BCUT2D eigenvalue weighted by molar-refractivity contribution is -0.141. The fraction of sp³-hybridized carbons (Fsp3) is 0.600. The van der Waals surface area contributed by atoms with Gasteiger partial charge in [-0.25, -0.2) is 0 Å². The van der Waals surface area contributed by atoms with E-state index in [1.54, 1.807) is 0 Å². The van der Waals surface area contributed by atoms with E-state index >= 15 is 0 Å². The second-order valence-electron chi connectivity index (χ2n) is 1.94. The topological polar surface area (TPSA) is 66.4 Å². The Kier molecular flexibility index (Phi) is 1.48. The Hall–Kier alpha value is -0.900. The van der Waals surface area contributed by atoms with E-state index < -0.39 is 12.0 Å². The predicted molar refractivity (Wildman–Crippen MR) is 29.1 cm³/mol. The first-order valence-corrected chi connectivity index (χ1v) is 2.70. The third-order valence-corrected chi connectivity index (χ3v) is 1.29. The molecule has 0 aromatic carbocycles. The summed E-state index contributed by atoms with van der Waals surface area (Å²) in [5, 5.41) is 10.9. The lowest BCUT2D eigenvalue weighted by atomic mass is 10.2. The molecule has 0 unspecified atom stereocenters. The average molecular weight is 129 g/mol. The van der Waals surface area contributed by atoms with Crippen molar-refractivity contribution in [1.82, 2.24) is 5.32 Å². The van der Waals surface area contributed by atoms with Gasteiger partial charge >= 0.3 is 5.97 Å². The number of ketones is 1. The van der Waals surface area contributed by atoms with Crippen LogP contribution in [-0.2, 0) is 9.59 Å². The van der Waals surface area contributed by atoms with Gasteiger partial charge in [0, 0.05) is 13.0 Å². The van der Waals surface area contributed by atoms with Gasteiger partial charge in [0.1, 0.15) is 0 Å². The quantitative estimate of drug-likeness (QED) is 0.446. The summed E-state index contributed by atoms with van der Waals surface area (Å²) >= 11 is 0. The predicted octanol–water partition coefficient (Wildman–Crippen LogP) is -0.998. The van der Waals surface area contributed by atoms with Gasteiger partial charge in [-0.2, -0.15) is 0 Å². The molecule has 0 bridgehead atoms. The van der Waals surface area contributed by atoms with Crippen LogP contribution in [0.25, 0.3) is 0 Å². The lowest BCUT2D eigenvalue weighted by Crippen LogP contribution is -2.35. The van der Waals surface area contributed by atoms with Crippen molar-refractivity contribution in [2.45, 2.75) is 12.5 Å². The molecular formula is C5H7NO3. The van der Waals surface area contributed by atoms with E-state index in [-0.39, 0.29) is 5.78 Å². The van der Waals surface area contributed by atoms with E-state index in [0.29, 0.717) is 13.0 Å². The minimum Gasteiger partial charge on any atom is -0.480 e. The van der Waals surface area contributed by atoms with Crippen molar-refractivity contribution in [2.75, 3.05) is 6.54 Å². The minimum atomic E-state index is -1.07. The first-order chi connectivity index (χ1) is 4.22. The Bertz CT molecular complexity index is 154. The SMILES string of the molecule is O=C(O)[C@H]1NCCC1=O. The number of carboxylic acid groups (broad SMARTS) is 1. The van der Waals surface area contributed by atoms with Crippen LogP contribution in [0, 0.1) is 0 Å². The highest BCUT2D eigenvalue weighted by Gasteiger charge is 2.29. The summed E-state index contributed by atoms with van der Waals surface area (Å²) in [6.45, 7) is 0.496. The van der Waals surface area contributed by atoms with Crippen LogP contribution in [0.15, 0.2) is 0 Å². The van der Waals surface area contributed by atoms with Crippen molar-refractivity contribution >= 4 is 11.8 Å². The van der Waals surface area contributed by atoms with Gasteiger partial charge in [-0.3, -0.25) is 14.9 Å². The maximum Gasteiger partial charge on any atom is 0.328 e. The number of carboxylic acids is 1. The molecule has 2 N–H and O–H groups in total. The smallest absolute Gasteiger partial charge is 0.328 e. The summed E-state index contributed by atoms with van der Waals surface area (Å²) in [6.07, 6.45) is 0.344. The van der Waals surface area contributed by atoms with Gasteiger partial charge in [0.2, 0.25) is 0 Å². The first-order valence-electron chi connectivity index (χ1n) is 2.70. The van der Waals surface area contributed by atoms with Crippen LogP contribution in [0.3, 0.4) is 0 Å². The van der Waals surface area contributed by atoms with Gasteiger partial charge in [-0.1, -0.05) is 0 Å². The van der Waals surface area contributed by atoms with Crippen molar-refractivity contribution in [1.29, 1.82) is 0 Å². The third-order valence-electron chi connectivity index (χ3n) is 1.29. The zero-order valence-corrected chi connectivity index (χ0v) is 4.76. The fourth-order valence-corrected chi connectivity index (χ4v) is 0.823. The van der Waals surface area contributed by atoms with Crippen LogP contribution in [0.2, 0.25) is 0 Å². The van der Waals surface area contributed by atoms with E-state index in [0.717, 1.165) is 0 Å². The van der Waals surface area contributed by atoms with Gasteiger partial charge < -0.3 is 5.11 Å². The lowest BCUT2D eigenvalue weighted by Gasteiger charge is -1.98. The number of carbonyl (C=O) groups is 2. The molecule has 1 heterocycles. The molecule has 50 valence electrons.